The fourth-order valence-electron chi connectivity index (χ4n) is 1.66. The molecule has 1 heterocycles. The van der Waals surface area contributed by atoms with Crippen LogP contribution in [-0.4, -0.2) is 18.7 Å². The summed E-state index contributed by atoms with van der Waals surface area (Å²) < 4.78 is 5.83. The van der Waals surface area contributed by atoms with Crippen LogP contribution in [0.4, 0.5) is 5.69 Å². The van der Waals surface area contributed by atoms with Crippen molar-refractivity contribution in [3.63, 3.8) is 0 Å². The smallest absolute Gasteiger partial charge is 0.113 e. The van der Waals surface area contributed by atoms with E-state index in [4.69, 9.17) is 16.3 Å². The lowest BCUT2D eigenvalue weighted by atomic mass is 10.1. The minimum absolute atomic E-state index is 0.696. The van der Waals surface area contributed by atoms with Gasteiger partial charge in [-0.15, -0.1) is 11.3 Å². The molecule has 5 heteroatoms. The predicted octanol–water partition coefficient (Wildman–Crippen LogP) is 3.60. The van der Waals surface area contributed by atoms with Crippen LogP contribution in [0.3, 0.4) is 0 Å². The molecule has 0 radical (unpaired) electrons. The number of anilines is 1. The van der Waals surface area contributed by atoms with E-state index in [-0.39, 0.29) is 0 Å². The van der Waals surface area contributed by atoms with Crippen LogP contribution in [0.25, 0.3) is 0 Å². The van der Waals surface area contributed by atoms with Gasteiger partial charge in [0, 0.05) is 12.8 Å². The van der Waals surface area contributed by atoms with Gasteiger partial charge in [-0.25, -0.2) is 4.98 Å². The van der Waals surface area contributed by atoms with Gasteiger partial charge < -0.3 is 10.1 Å². The van der Waals surface area contributed by atoms with Crippen molar-refractivity contribution < 1.29 is 4.74 Å². The van der Waals surface area contributed by atoms with E-state index in [9.17, 15) is 0 Å². The van der Waals surface area contributed by atoms with Gasteiger partial charge in [0.1, 0.15) is 9.34 Å². The molecule has 3 nitrogen and oxygen atoms in total. The number of para-hydroxylation sites is 1. The molecule has 0 atom stereocenters. The fraction of sp³-hybridized carbons (Fsp3) is 0.308. The Morgan fingerprint density at radius 2 is 2.22 bits per heavy atom. The number of nitrogens with zero attached hydrogens (tertiary/aromatic N) is 1. The molecule has 0 amide bonds. The molecule has 2 aromatic rings. The summed E-state index contributed by atoms with van der Waals surface area (Å²) in [5.74, 6) is 0. The number of nitrogens with one attached hydrogen (secondary N) is 1. The number of aromatic nitrogens is 1. The van der Waals surface area contributed by atoms with Gasteiger partial charge in [-0.2, -0.15) is 0 Å². The molecular formula is C13H15ClN2OS. The summed E-state index contributed by atoms with van der Waals surface area (Å²) in [6, 6.07) is 8.24. The van der Waals surface area contributed by atoms with E-state index in [0.29, 0.717) is 6.54 Å². The first kappa shape index (κ1) is 13.3. The average Bonchev–Trinajstić information content (AvgIpc) is 2.81. The van der Waals surface area contributed by atoms with Gasteiger partial charge in [-0.05, 0) is 18.1 Å². The zero-order valence-electron chi connectivity index (χ0n) is 10.1. The highest BCUT2D eigenvalue weighted by Crippen LogP contribution is 2.21. The minimum atomic E-state index is 0.696. The molecule has 0 saturated heterocycles. The number of hydrogen-bond donors (Lipinski definition) is 1. The highest BCUT2D eigenvalue weighted by molar-refractivity contribution is 7.15. The average molecular weight is 283 g/mol. The second kappa shape index (κ2) is 6.73. The highest BCUT2D eigenvalue weighted by atomic mass is 35.5. The third-order valence-corrected chi connectivity index (χ3v) is 3.66. The van der Waals surface area contributed by atoms with Crippen LogP contribution in [0.2, 0.25) is 4.34 Å². The normalized spacial score (nSPS) is 10.6. The molecule has 0 spiro atoms. The summed E-state index contributed by atoms with van der Waals surface area (Å²) >= 11 is 7.35. The van der Waals surface area contributed by atoms with Crippen molar-refractivity contribution in [3.8, 4) is 0 Å². The number of rotatable bonds is 6. The molecule has 0 aliphatic carbocycles. The van der Waals surface area contributed by atoms with Crippen LogP contribution in [0.1, 0.15) is 10.6 Å². The van der Waals surface area contributed by atoms with E-state index in [1.54, 1.807) is 13.3 Å². The van der Waals surface area contributed by atoms with Gasteiger partial charge in [0.15, 0.2) is 0 Å². The Bertz CT molecular complexity index is 501. The van der Waals surface area contributed by atoms with Crippen LogP contribution in [-0.2, 0) is 17.7 Å². The minimum Gasteiger partial charge on any atom is -0.384 e. The molecule has 1 N–H and O–H groups in total. The second-order valence-electron chi connectivity index (χ2n) is 3.81. The first-order chi connectivity index (χ1) is 8.79. The zero-order valence-corrected chi connectivity index (χ0v) is 11.7. The molecular weight excluding hydrogens is 268 g/mol. The summed E-state index contributed by atoms with van der Waals surface area (Å²) in [5.41, 5.74) is 2.38. The number of ether oxygens (including phenoxy) is 1. The SMILES string of the molecule is COCCc1ccccc1NCc1ncc(Cl)s1. The number of thiazole rings is 1. The quantitative estimate of drug-likeness (QED) is 0.879. The van der Waals surface area contributed by atoms with Crippen molar-refractivity contribution in [2.24, 2.45) is 0 Å². The molecule has 96 valence electrons. The van der Waals surface area contributed by atoms with E-state index in [0.717, 1.165) is 28.1 Å². The molecule has 0 aliphatic heterocycles. The Labute approximate surface area is 116 Å². The largest absolute Gasteiger partial charge is 0.384 e. The molecule has 18 heavy (non-hydrogen) atoms. The van der Waals surface area contributed by atoms with Crippen molar-refractivity contribution in [1.82, 2.24) is 4.98 Å². The van der Waals surface area contributed by atoms with Crippen molar-refractivity contribution in [3.05, 3.63) is 45.4 Å². The van der Waals surface area contributed by atoms with E-state index in [1.165, 1.54) is 16.9 Å². The molecule has 0 unspecified atom stereocenters. The molecule has 0 bridgehead atoms. The number of benzene rings is 1. The first-order valence-electron chi connectivity index (χ1n) is 5.70. The number of methoxy groups -OCH3 is 1. The van der Waals surface area contributed by atoms with E-state index >= 15 is 0 Å². The topological polar surface area (TPSA) is 34.1 Å². The number of halogens is 1. The summed E-state index contributed by atoms with van der Waals surface area (Å²) in [6.45, 7) is 1.42. The summed E-state index contributed by atoms with van der Waals surface area (Å²) in [4.78, 5) is 4.22. The van der Waals surface area contributed by atoms with Crippen molar-refractivity contribution in [2.45, 2.75) is 13.0 Å². The van der Waals surface area contributed by atoms with Gasteiger partial charge in [0.2, 0.25) is 0 Å². The van der Waals surface area contributed by atoms with Gasteiger partial charge >= 0.3 is 0 Å². The second-order valence-corrected chi connectivity index (χ2v) is 5.56. The summed E-state index contributed by atoms with van der Waals surface area (Å²) in [5, 5.41) is 4.37. The maximum atomic E-state index is 5.85. The Balaban J connectivity index is 1.99. The van der Waals surface area contributed by atoms with E-state index in [2.05, 4.69) is 22.4 Å². The van der Waals surface area contributed by atoms with Crippen molar-refractivity contribution in [1.29, 1.82) is 0 Å². The summed E-state index contributed by atoms with van der Waals surface area (Å²) in [6.07, 6.45) is 2.58. The maximum Gasteiger partial charge on any atom is 0.113 e. The predicted molar refractivity (Wildman–Crippen MR) is 76.5 cm³/mol. The Morgan fingerprint density at radius 1 is 1.39 bits per heavy atom. The van der Waals surface area contributed by atoms with Gasteiger partial charge in [0.25, 0.3) is 0 Å². The monoisotopic (exact) mass is 282 g/mol. The van der Waals surface area contributed by atoms with Crippen LogP contribution in [0.5, 0.6) is 0 Å². The Kier molecular flexibility index (Phi) is 4.99. The number of hydrogen-bond acceptors (Lipinski definition) is 4. The Morgan fingerprint density at radius 3 is 2.94 bits per heavy atom. The van der Waals surface area contributed by atoms with Crippen LogP contribution < -0.4 is 5.32 Å². The maximum absolute atomic E-state index is 5.85. The van der Waals surface area contributed by atoms with Crippen LogP contribution in [0.15, 0.2) is 30.5 Å². The zero-order chi connectivity index (χ0) is 12.8. The molecule has 1 aromatic heterocycles. The lowest BCUT2D eigenvalue weighted by Crippen LogP contribution is -2.04. The van der Waals surface area contributed by atoms with Gasteiger partial charge in [0.05, 0.1) is 19.3 Å². The van der Waals surface area contributed by atoms with E-state index in [1.807, 2.05) is 12.1 Å². The third kappa shape index (κ3) is 3.70. The fourth-order valence-corrected chi connectivity index (χ4v) is 2.56. The van der Waals surface area contributed by atoms with Crippen LogP contribution in [0, 0.1) is 0 Å². The van der Waals surface area contributed by atoms with Crippen LogP contribution >= 0.6 is 22.9 Å². The van der Waals surface area contributed by atoms with Crippen molar-refractivity contribution >= 4 is 28.6 Å². The standard InChI is InChI=1S/C13H15ClN2OS/c1-17-7-6-10-4-2-3-5-11(10)15-9-13-16-8-12(14)18-13/h2-5,8,15H,6-7,9H2,1H3. The molecule has 0 fully saturated rings. The highest BCUT2D eigenvalue weighted by Gasteiger charge is 2.03. The molecule has 2 rings (SSSR count). The first-order valence-corrected chi connectivity index (χ1v) is 6.90. The van der Waals surface area contributed by atoms with Gasteiger partial charge in [-0.3, -0.25) is 0 Å². The third-order valence-electron chi connectivity index (χ3n) is 2.55. The molecule has 0 aliphatic rings. The van der Waals surface area contributed by atoms with Crippen molar-refractivity contribution in [2.75, 3.05) is 19.0 Å². The molecule has 0 saturated carbocycles. The molecule has 1 aromatic carbocycles. The van der Waals surface area contributed by atoms with E-state index < -0.39 is 0 Å². The van der Waals surface area contributed by atoms with Gasteiger partial charge in [-0.1, -0.05) is 29.8 Å². The lowest BCUT2D eigenvalue weighted by molar-refractivity contribution is 0.202. The Hall–Kier alpha value is -1.10. The lowest BCUT2D eigenvalue weighted by Gasteiger charge is -2.10. The summed E-state index contributed by atoms with van der Waals surface area (Å²) in [7, 11) is 1.72.